The van der Waals surface area contributed by atoms with Crippen LogP contribution in [0.5, 0.6) is 17.2 Å². The van der Waals surface area contributed by atoms with E-state index in [1.165, 1.54) is 25.1 Å². The highest BCUT2D eigenvalue weighted by atomic mass is 16.7. The van der Waals surface area contributed by atoms with Crippen LogP contribution >= 0.6 is 0 Å². The summed E-state index contributed by atoms with van der Waals surface area (Å²) in [6, 6.07) is 10.7. The molecule has 0 spiro atoms. The van der Waals surface area contributed by atoms with Crippen molar-refractivity contribution in [1.82, 2.24) is 0 Å². The molecule has 31 heavy (non-hydrogen) atoms. The molecular formula is C22H22O9. The van der Waals surface area contributed by atoms with Gasteiger partial charge in [0, 0.05) is 23.8 Å². The second kappa shape index (κ2) is 8.20. The van der Waals surface area contributed by atoms with Crippen LogP contribution in [0.4, 0.5) is 0 Å². The summed E-state index contributed by atoms with van der Waals surface area (Å²) in [6.07, 6.45) is -6.37. The molecule has 1 aliphatic rings. The lowest BCUT2D eigenvalue weighted by Gasteiger charge is -2.38. The number of hydrogen-bond acceptors (Lipinski definition) is 9. The van der Waals surface area contributed by atoms with Gasteiger partial charge in [-0.2, -0.15) is 0 Å². The van der Waals surface area contributed by atoms with Gasteiger partial charge < -0.3 is 39.1 Å². The average molecular weight is 430 g/mol. The van der Waals surface area contributed by atoms with Gasteiger partial charge in [-0.1, -0.05) is 0 Å². The molecule has 0 amide bonds. The molecule has 0 bridgehead atoms. The minimum absolute atomic E-state index is 0.0291. The zero-order chi connectivity index (χ0) is 22.3. The van der Waals surface area contributed by atoms with Gasteiger partial charge in [0.05, 0.1) is 13.2 Å². The highest BCUT2D eigenvalue weighted by molar-refractivity contribution is 5.86. The summed E-state index contributed by atoms with van der Waals surface area (Å²) in [6.45, 7) is 1.52. The third kappa shape index (κ3) is 3.96. The van der Waals surface area contributed by atoms with Crippen LogP contribution in [0.1, 0.15) is 6.92 Å². The van der Waals surface area contributed by atoms with Crippen molar-refractivity contribution in [2.45, 2.75) is 37.6 Å². The van der Waals surface area contributed by atoms with Gasteiger partial charge in [-0.25, -0.2) is 0 Å². The Balaban J connectivity index is 1.70. The van der Waals surface area contributed by atoms with E-state index in [1.807, 2.05) is 0 Å². The molecule has 3 aromatic rings. The van der Waals surface area contributed by atoms with Gasteiger partial charge in [0.2, 0.25) is 6.29 Å². The molecule has 1 unspecified atom stereocenters. The largest absolute Gasteiger partial charge is 0.507 e. The second-order valence-corrected chi connectivity index (χ2v) is 7.32. The van der Waals surface area contributed by atoms with Crippen molar-refractivity contribution in [2.75, 3.05) is 7.11 Å². The van der Waals surface area contributed by atoms with Crippen LogP contribution < -0.4 is 14.9 Å². The molecule has 1 aliphatic heterocycles. The molecule has 4 rings (SSSR count). The van der Waals surface area contributed by atoms with Crippen molar-refractivity contribution < 1.29 is 39.1 Å². The van der Waals surface area contributed by atoms with Gasteiger partial charge in [-0.15, -0.1) is 0 Å². The van der Waals surface area contributed by atoms with Crippen molar-refractivity contribution in [3.05, 3.63) is 52.7 Å². The predicted molar refractivity (Wildman–Crippen MR) is 109 cm³/mol. The van der Waals surface area contributed by atoms with Gasteiger partial charge in [0.25, 0.3) is 0 Å². The Morgan fingerprint density at radius 3 is 2.32 bits per heavy atom. The molecule has 9 heteroatoms. The van der Waals surface area contributed by atoms with E-state index in [0.717, 1.165) is 0 Å². The van der Waals surface area contributed by atoms with Crippen molar-refractivity contribution in [3.63, 3.8) is 0 Å². The number of ether oxygens (including phenoxy) is 3. The molecular weight excluding hydrogens is 408 g/mol. The van der Waals surface area contributed by atoms with E-state index in [0.29, 0.717) is 11.3 Å². The SMILES string of the molecule is COc1ccc(-c2cc(=O)c3c(O)cc(OC4O[C@H](C)[C@@H](O)[C@H](O)[C@@H]4O)cc3o2)cc1. The molecule has 2 heterocycles. The number of aliphatic hydroxyl groups excluding tert-OH is 3. The molecule has 1 fully saturated rings. The normalized spacial score (nSPS) is 26.0. The topological polar surface area (TPSA) is 139 Å². The molecule has 164 valence electrons. The fourth-order valence-corrected chi connectivity index (χ4v) is 3.45. The first-order chi connectivity index (χ1) is 14.8. The third-order valence-corrected chi connectivity index (χ3v) is 5.22. The predicted octanol–water partition coefficient (Wildman–Crippen LogP) is 1.38. The maximum Gasteiger partial charge on any atom is 0.229 e. The van der Waals surface area contributed by atoms with Gasteiger partial charge in [0.15, 0.2) is 5.43 Å². The summed E-state index contributed by atoms with van der Waals surface area (Å²) in [7, 11) is 1.54. The van der Waals surface area contributed by atoms with Crippen molar-refractivity contribution >= 4 is 11.0 Å². The molecule has 2 aromatic carbocycles. The van der Waals surface area contributed by atoms with E-state index in [2.05, 4.69) is 0 Å². The molecule has 1 saturated heterocycles. The second-order valence-electron chi connectivity index (χ2n) is 7.32. The molecule has 0 saturated carbocycles. The number of phenols is 1. The minimum Gasteiger partial charge on any atom is -0.507 e. The van der Waals surface area contributed by atoms with Crippen LogP contribution in [0, 0.1) is 0 Å². The Labute approximate surface area is 176 Å². The molecule has 4 N–H and O–H groups in total. The summed E-state index contributed by atoms with van der Waals surface area (Å²) in [5.74, 6) is 0.590. The van der Waals surface area contributed by atoms with E-state index in [4.69, 9.17) is 18.6 Å². The summed E-state index contributed by atoms with van der Waals surface area (Å²) in [4.78, 5) is 12.6. The average Bonchev–Trinajstić information content (AvgIpc) is 2.75. The number of aliphatic hydroxyl groups is 3. The fraction of sp³-hybridized carbons (Fsp3) is 0.318. The molecule has 5 atom stereocenters. The lowest BCUT2D eigenvalue weighted by molar-refractivity contribution is -0.268. The van der Waals surface area contributed by atoms with Crippen LogP contribution in [0.15, 0.2) is 51.7 Å². The molecule has 9 nitrogen and oxygen atoms in total. The first kappa shape index (κ1) is 21.1. The lowest BCUT2D eigenvalue weighted by Crippen LogP contribution is -2.58. The van der Waals surface area contributed by atoms with Gasteiger partial charge in [-0.3, -0.25) is 4.79 Å². The van der Waals surface area contributed by atoms with Crippen LogP contribution in [0.25, 0.3) is 22.3 Å². The summed E-state index contributed by atoms with van der Waals surface area (Å²) < 4.78 is 21.9. The molecule has 0 aliphatic carbocycles. The lowest BCUT2D eigenvalue weighted by atomic mass is 10.00. The van der Waals surface area contributed by atoms with Gasteiger partial charge in [0.1, 0.15) is 52.3 Å². The fourth-order valence-electron chi connectivity index (χ4n) is 3.45. The first-order valence-electron chi connectivity index (χ1n) is 9.60. The smallest absolute Gasteiger partial charge is 0.229 e. The number of hydrogen-bond donors (Lipinski definition) is 4. The standard InChI is InChI=1S/C22H22O9/c1-10-19(25)20(26)21(27)22(29-10)30-13-7-14(23)18-15(24)9-16(31-17(18)8-13)11-3-5-12(28-2)6-4-11/h3-10,19-23,25-27H,1-2H3/t10-,19-,20+,21+,22?/m1/s1. The first-order valence-corrected chi connectivity index (χ1v) is 9.60. The maximum absolute atomic E-state index is 12.6. The van der Waals surface area contributed by atoms with E-state index in [-0.39, 0.29) is 28.2 Å². The third-order valence-electron chi connectivity index (χ3n) is 5.22. The summed E-state index contributed by atoms with van der Waals surface area (Å²) in [5.41, 5.74) is 0.243. The zero-order valence-electron chi connectivity index (χ0n) is 16.8. The number of benzene rings is 2. The van der Waals surface area contributed by atoms with E-state index in [1.54, 1.807) is 31.4 Å². The Morgan fingerprint density at radius 2 is 1.65 bits per heavy atom. The molecule has 1 aromatic heterocycles. The van der Waals surface area contributed by atoms with E-state index < -0.39 is 36.1 Å². The quantitative estimate of drug-likeness (QED) is 0.483. The van der Waals surface area contributed by atoms with Crippen LogP contribution in [0.3, 0.4) is 0 Å². The Bertz CT molecular complexity index is 1140. The monoisotopic (exact) mass is 430 g/mol. The van der Waals surface area contributed by atoms with E-state index in [9.17, 15) is 25.2 Å². The summed E-state index contributed by atoms with van der Waals surface area (Å²) >= 11 is 0. The van der Waals surface area contributed by atoms with Crippen LogP contribution in [-0.2, 0) is 4.74 Å². The zero-order valence-corrected chi connectivity index (χ0v) is 16.8. The van der Waals surface area contributed by atoms with E-state index >= 15 is 0 Å². The Morgan fingerprint density at radius 1 is 0.935 bits per heavy atom. The number of aromatic hydroxyl groups is 1. The number of methoxy groups -OCH3 is 1. The summed E-state index contributed by atoms with van der Waals surface area (Å²) in [5, 5.41) is 40.2. The number of phenolic OH excluding ortho intramolecular Hbond substituents is 1. The number of rotatable bonds is 4. The van der Waals surface area contributed by atoms with Crippen molar-refractivity contribution in [3.8, 4) is 28.6 Å². The van der Waals surface area contributed by atoms with Crippen LogP contribution in [0.2, 0.25) is 0 Å². The Hall–Kier alpha value is -3.11. The maximum atomic E-state index is 12.6. The Kier molecular flexibility index (Phi) is 5.59. The van der Waals surface area contributed by atoms with Crippen molar-refractivity contribution in [2.24, 2.45) is 0 Å². The van der Waals surface area contributed by atoms with Crippen molar-refractivity contribution in [1.29, 1.82) is 0 Å². The van der Waals surface area contributed by atoms with Crippen LogP contribution in [-0.4, -0.2) is 58.2 Å². The molecule has 0 radical (unpaired) electrons. The highest BCUT2D eigenvalue weighted by Crippen LogP contribution is 2.33. The minimum atomic E-state index is -1.53. The number of fused-ring (bicyclic) bond motifs is 1. The van der Waals surface area contributed by atoms with Gasteiger partial charge in [-0.05, 0) is 31.2 Å². The highest BCUT2D eigenvalue weighted by Gasteiger charge is 2.43. The van der Waals surface area contributed by atoms with Gasteiger partial charge >= 0.3 is 0 Å².